The minimum Gasteiger partial charge on any atom is -0.298 e. The van der Waals surface area contributed by atoms with Crippen LogP contribution in [0.3, 0.4) is 0 Å². The van der Waals surface area contributed by atoms with E-state index in [-0.39, 0.29) is 0 Å². The lowest BCUT2D eigenvalue weighted by atomic mass is 9.86. The van der Waals surface area contributed by atoms with Gasteiger partial charge in [0, 0.05) is 5.54 Å². The highest BCUT2D eigenvalue weighted by Crippen LogP contribution is 2.34. The van der Waals surface area contributed by atoms with E-state index in [2.05, 4.69) is 32.6 Å². The van der Waals surface area contributed by atoms with Crippen LogP contribution >= 0.6 is 0 Å². The second-order valence-corrected chi connectivity index (χ2v) is 4.20. The summed E-state index contributed by atoms with van der Waals surface area (Å²) in [5.74, 6) is 0.796. The SMILES string of the molecule is CCN1CCC[C@]1(C)C(C)C. The van der Waals surface area contributed by atoms with Crippen molar-refractivity contribution in [3.05, 3.63) is 0 Å². The van der Waals surface area contributed by atoms with Crippen LogP contribution in [-0.2, 0) is 0 Å². The summed E-state index contributed by atoms with van der Waals surface area (Å²) in [6, 6.07) is 0. The molecule has 66 valence electrons. The summed E-state index contributed by atoms with van der Waals surface area (Å²) in [4.78, 5) is 2.62. The maximum absolute atomic E-state index is 2.62. The first-order valence-electron chi connectivity index (χ1n) is 4.86. The Morgan fingerprint density at radius 1 is 1.45 bits per heavy atom. The van der Waals surface area contributed by atoms with Crippen LogP contribution in [0, 0.1) is 5.92 Å². The summed E-state index contributed by atoms with van der Waals surface area (Å²) in [5.41, 5.74) is 0.495. The highest BCUT2D eigenvalue weighted by atomic mass is 15.2. The molecule has 0 spiro atoms. The quantitative estimate of drug-likeness (QED) is 0.592. The normalized spacial score (nSPS) is 33.5. The summed E-state index contributed by atoms with van der Waals surface area (Å²) in [6.07, 6.45) is 2.78. The van der Waals surface area contributed by atoms with E-state index in [1.807, 2.05) is 0 Å². The molecule has 1 aliphatic heterocycles. The molecule has 0 aromatic rings. The van der Waals surface area contributed by atoms with Crippen LogP contribution in [0.1, 0.15) is 40.5 Å². The molecular weight excluding hydrogens is 134 g/mol. The van der Waals surface area contributed by atoms with Crippen LogP contribution < -0.4 is 0 Å². The van der Waals surface area contributed by atoms with Gasteiger partial charge < -0.3 is 0 Å². The van der Waals surface area contributed by atoms with Crippen molar-refractivity contribution in [2.24, 2.45) is 5.92 Å². The zero-order valence-corrected chi connectivity index (χ0v) is 8.35. The molecule has 0 aromatic heterocycles. The molecule has 1 heterocycles. The van der Waals surface area contributed by atoms with Gasteiger partial charge in [-0.2, -0.15) is 0 Å². The predicted octanol–water partition coefficient (Wildman–Crippen LogP) is 2.52. The molecule has 1 saturated heterocycles. The van der Waals surface area contributed by atoms with E-state index in [0.717, 1.165) is 5.92 Å². The average molecular weight is 155 g/mol. The fraction of sp³-hybridized carbons (Fsp3) is 1.00. The fourth-order valence-corrected chi connectivity index (χ4v) is 2.21. The van der Waals surface area contributed by atoms with Crippen LogP contribution in [0.2, 0.25) is 0 Å². The summed E-state index contributed by atoms with van der Waals surface area (Å²) in [5, 5.41) is 0. The van der Waals surface area contributed by atoms with Gasteiger partial charge >= 0.3 is 0 Å². The van der Waals surface area contributed by atoms with E-state index >= 15 is 0 Å². The highest BCUT2D eigenvalue weighted by molar-refractivity contribution is 4.93. The number of nitrogens with zero attached hydrogens (tertiary/aromatic N) is 1. The van der Waals surface area contributed by atoms with Gasteiger partial charge in [-0.1, -0.05) is 20.8 Å². The summed E-state index contributed by atoms with van der Waals surface area (Å²) in [6.45, 7) is 11.9. The van der Waals surface area contributed by atoms with Gasteiger partial charge in [0.1, 0.15) is 0 Å². The molecule has 0 saturated carbocycles. The van der Waals surface area contributed by atoms with Crippen LogP contribution in [0.15, 0.2) is 0 Å². The minimum atomic E-state index is 0.495. The first-order valence-corrected chi connectivity index (χ1v) is 4.86. The van der Waals surface area contributed by atoms with Gasteiger partial charge in [-0.05, 0) is 38.8 Å². The molecule has 0 unspecified atom stereocenters. The average Bonchev–Trinajstić information content (AvgIpc) is 2.32. The highest BCUT2D eigenvalue weighted by Gasteiger charge is 2.37. The van der Waals surface area contributed by atoms with Crippen LogP contribution in [0.4, 0.5) is 0 Å². The second kappa shape index (κ2) is 3.14. The van der Waals surface area contributed by atoms with Crippen molar-refractivity contribution >= 4 is 0 Å². The third kappa shape index (κ3) is 1.44. The van der Waals surface area contributed by atoms with E-state index in [0.29, 0.717) is 5.54 Å². The van der Waals surface area contributed by atoms with E-state index in [4.69, 9.17) is 0 Å². The second-order valence-electron chi connectivity index (χ2n) is 4.20. The Bertz CT molecular complexity index is 131. The number of rotatable bonds is 2. The summed E-state index contributed by atoms with van der Waals surface area (Å²) < 4.78 is 0. The van der Waals surface area contributed by atoms with Crippen molar-refractivity contribution in [3.63, 3.8) is 0 Å². The summed E-state index contributed by atoms with van der Waals surface area (Å²) in [7, 11) is 0. The molecule has 1 fully saturated rings. The van der Waals surface area contributed by atoms with Crippen LogP contribution in [0.25, 0.3) is 0 Å². The Morgan fingerprint density at radius 3 is 2.45 bits per heavy atom. The molecule has 0 bridgehead atoms. The predicted molar refractivity (Wildman–Crippen MR) is 49.7 cm³/mol. The molecule has 1 nitrogen and oxygen atoms in total. The lowest BCUT2D eigenvalue weighted by molar-refractivity contribution is 0.112. The Labute approximate surface area is 70.8 Å². The van der Waals surface area contributed by atoms with Gasteiger partial charge in [-0.25, -0.2) is 0 Å². The van der Waals surface area contributed by atoms with Gasteiger partial charge in [-0.15, -0.1) is 0 Å². The molecule has 11 heavy (non-hydrogen) atoms. The largest absolute Gasteiger partial charge is 0.298 e. The van der Waals surface area contributed by atoms with Crippen molar-refractivity contribution in [2.75, 3.05) is 13.1 Å². The summed E-state index contributed by atoms with van der Waals surface area (Å²) >= 11 is 0. The molecule has 0 N–H and O–H groups in total. The molecule has 1 rings (SSSR count). The van der Waals surface area contributed by atoms with Crippen molar-refractivity contribution in [2.45, 2.75) is 46.1 Å². The molecule has 1 atom stereocenters. The van der Waals surface area contributed by atoms with E-state index in [9.17, 15) is 0 Å². The third-order valence-corrected chi connectivity index (χ3v) is 3.46. The van der Waals surface area contributed by atoms with Crippen molar-refractivity contribution in [1.29, 1.82) is 0 Å². The Kier molecular flexibility index (Phi) is 2.58. The first-order chi connectivity index (χ1) is 5.11. The van der Waals surface area contributed by atoms with E-state index < -0.39 is 0 Å². The lowest BCUT2D eigenvalue weighted by Gasteiger charge is -2.38. The van der Waals surface area contributed by atoms with Gasteiger partial charge in [-0.3, -0.25) is 4.90 Å². The van der Waals surface area contributed by atoms with Crippen LogP contribution in [0.5, 0.6) is 0 Å². The van der Waals surface area contributed by atoms with Crippen molar-refractivity contribution in [3.8, 4) is 0 Å². The molecule has 0 amide bonds. The Morgan fingerprint density at radius 2 is 2.09 bits per heavy atom. The Hall–Kier alpha value is -0.0400. The molecule has 0 radical (unpaired) electrons. The van der Waals surface area contributed by atoms with Crippen molar-refractivity contribution < 1.29 is 0 Å². The number of hydrogen-bond acceptors (Lipinski definition) is 1. The topological polar surface area (TPSA) is 3.24 Å². The monoisotopic (exact) mass is 155 g/mol. The van der Waals surface area contributed by atoms with Gasteiger partial charge in [0.25, 0.3) is 0 Å². The van der Waals surface area contributed by atoms with E-state index in [1.54, 1.807) is 0 Å². The maximum atomic E-state index is 2.62. The Balaban J connectivity index is 2.67. The fourth-order valence-electron chi connectivity index (χ4n) is 2.21. The molecule has 1 aliphatic rings. The van der Waals surface area contributed by atoms with E-state index in [1.165, 1.54) is 25.9 Å². The van der Waals surface area contributed by atoms with Gasteiger partial charge in [0.15, 0.2) is 0 Å². The minimum absolute atomic E-state index is 0.495. The first kappa shape index (κ1) is 9.05. The van der Waals surface area contributed by atoms with Gasteiger partial charge in [0.05, 0.1) is 0 Å². The molecule has 0 aromatic carbocycles. The molecular formula is C10H21N. The smallest absolute Gasteiger partial charge is 0.0204 e. The van der Waals surface area contributed by atoms with Gasteiger partial charge in [0.2, 0.25) is 0 Å². The zero-order chi connectivity index (χ0) is 8.48. The lowest BCUT2D eigenvalue weighted by Crippen LogP contribution is -2.45. The third-order valence-electron chi connectivity index (χ3n) is 3.46. The zero-order valence-electron chi connectivity index (χ0n) is 8.35. The number of hydrogen-bond donors (Lipinski definition) is 0. The standard InChI is InChI=1S/C10H21N/c1-5-11-8-6-7-10(11,4)9(2)3/h9H,5-8H2,1-4H3/t10-/m1/s1. The maximum Gasteiger partial charge on any atom is 0.0204 e. The molecule has 0 aliphatic carbocycles. The van der Waals surface area contributed by atoms with Crippen LogP contribution in [-0.4, -0.2) is 23.5 Å². The molecule has 1 heteroatoms. The number of likely N-dealkylation sites (tertiary alicyclic amines) is 1. The van der Waals surface area contributed by atoms with Crippen molar-refractivity contribution in [1.82, 2.24) is 4.90 Å².